The van der Waals surface area contributed by atoms with Crippen LogP contribution in [0.5, 0.6) is 0 Å². The average molecular weight is 377 g/mol. The Morgan fingerprint density at radius 3 is 2.72 bits per heavy atom. The van der Waals surface area contributed by atoms with Crippen LogP contribution in [0.3, 0.4) is 0 Å². The SMILES string of the molecule is CN1CN([C@H]2C[C@H](OP(=O)(O)O)[C@@H](CO)O2)c2nc(=O)n(C)c(N)c21. The number of phosphoric ester groups is 1. The first-order valence-electron chi connectivity index (χ1n) is 7.47. The van der Waals surface area contributed by atoms with Crippen LogP contribution >= 0.6 is 7.82 Å². The summed E-state index contributed by atoms with van der Waals surface area (Å²) in [6, 6.07) is 0. The van der Waals surface area contributed by atoms with Crippen molar-refractivity contribution in [3.05, 3.63) is 10.5 Å². The molecule has 0 amide bonds. The van der Waals surface area contributed by atoms with E-state index in [4.69, 9.17) is 24.8 Å². The van der Waals surface area contributed by atoms with Crippen LogP contribution in [-0.2, 0) is 20.9 Å². The molecule has 0 bridgehead atoms. The molecule has 0 unspecified atom stereocenters. The largest absolute Gasteiger partial charge is 0.469 e. The molecule has 0 saturated carbocycles. The zero-order chi connectivity index (χ0) is 18.5. The van der Waals surface area contributed by atoms with Crippen LogP contribution in [0.15, 0.2) is 4.79 Å². The summed E-state index contributed by atoms with van der Waals surface area (Å²) in [6.45, 7) is -0.161. The third-order valence-electron chi connectivity index (χ3n) is 4.30. The Morgan fingerprint density at radius 2 is 2.12 bits per heavy atom. The second-order valence-electron chi connectivity index (χ2n) is 6.00. The maximum Gasteiger partial charge on any atom is 0.469 e. The molecule has 2 aliphatic heterocycles. The van der Waals surface area contributed by atoms with Gasteiger partial charge in [0.2, 0.25) is 0 Å². The quantitative estimate of drug-likeness (QED) is 0.436. The van der Waals surface area contributed by atoms with Crippen molar-refractivity contribution >= 4 is 25.1 Å². The van der Waals surface area contributed by atoms with Gasteiger partial charge in [-0.15, -0.1) is 0 Å². The molecule has 5 N–H and O–H groups in total. The number of aliphatic hydroxyl groups excluding tert-OH is 1. The van der Waals surface area contributed by atoms with E-state index in [1.807, 2.05) is 0 Å². The van der Waals surface area contributed by atoms with Gasteiger partial charge in [-0.2, -0.15) is 4.98 Å². The minimum atomic E-state index is -4.73. The normalized spacial score (nSPS) is 26.4. The molecule has 1 fully saturated rings. The van der Waals surface area contributed by atoms with Crippen molar-refractivity contribution in [2.75, 3.05) is 35.9 Å². The predicted molar refractivity (Wildman–Crippen MR) is 86.9 cm³/mol. The number of hydrogen-bond donors (Lipinski definition) is 4. The standard InChI is InChI=1S/C12H20N5O7P/c1-15-5-17(11-9(15)10(13)16(2)12(19)14-11)8-3-6(7(4-18)23-8)24-25(20,21)22/h6-8,18H,3-5,13H2,1-2H3,(H2,20,21,22)/t6-,7+,8+/m0/s1. The summed E-state index contributed by atoms with van der Waals surface area (Å²) in [7, 11) is -1.45. The molecule has 1 saturated heterocycles. The molecule has 0 aliphatic carbocycles. The Kier molecular flexibility index (Phi) is 4.52. The van der Waals surface area contributed by atoms with Gasteiger partial charge in [0.1, 0.15) is 29.9 Å². The third kappa shape index (κ3) is 3.24. The van der Waals surface area contributed by atoms with Crippen LogP contribution in [0.2, 0.25) is 0 Å². The van der Waals surface area contributed by atoms with E-state index < -0.39 is 38.6 Å². The summed E-state index contributed by atoms with van der Waals surface area (Å²) >= 11 is 0. The van der Waals surface area contributed by atoms with Crippen molar-refractivity contribution in [3.63, 3.8) is 0 Å². The van der Waals surface area contributed by atoms with Gasteiger partial charge in [0.05, 0.1) is 13.3 Å². The fourth-order valence-electron chi connectivity index (χ4n) is 3.10. The van der Waals surface area contributed by atoms with E-state index in [0.29, 0.717) is 18.2 Å². The first kappa shape index (κ1) is 18.1. The second-order valence-corrected chi connectivity index (χ2v) is 7.19. The van der Waals surface area contributed by atoms with Crippen LogP contribution in [0, 0.1) is 0 Å². The van der Waals surface area contributed by atoms with E-state index in [1.165, 1.54) is 11.6 Å². The van der Waals surface area contributed by atoms with Gasteiger partial charge in [-0.05, 0) is 0 Å². The van der Waals surface area contributed by atoms with Crippen LogP contribution in [0.1, 0.15) is 6.42 Å². The van der Waals surface area contributed by atoms with Gasteiger partial charge in [-0.25, -0.2) is 9.36 Å². The third-order valence-corrected chi connectivity index (χ3v) is 4.85. The smallest absolute Gasteiger partial charge is 0.394 e. The lowest BCUT2D eigenvalue weighted by Gasteiger charge is -2.25. The van der Waals surface area contributed by atoms with E-state index in [2.05, 4.69) is 4.98 Å². The number of hydrogen-bond acceptors (Lipinski definition) is 9. The number of nitrogens with two attached hydrogens (primary N) is 1. The number of nitrogen functional groups attached to an aromatic ring is 1. The minimum Gasteiger partial charge on any atom is -0.394 e. The summed E-state index contributed by atoms with van der Waals surface area (Å²) in [5.41, 5.74) is 6.03. The molecule has 12 nitrogen and oxygen atoms in total. The molecule has 140 valence electrons. The van der Waals surface area contributed by atoms with Crippen LogP contribution in [-0.4, -0.2) is 63.2 Å². The first-order chi connectivity index (χ1) is 11.6. The highest BCUT2D eigenvalue weighted by Crippen LogP contribution is 2.44. The van der Waals surface area contributed by atoms with E-state index in [9.17, 15) is 14.5 Å². The van der Waals surface area contributed by atoms with E-state index in [1.54, 1.807) is 16.8 Å². The number of fused-ring (bicyclic) bond motifs is 1. The van der Waals surface area contributed by atoms with Gasteiger partial charge < -0.3 is 35.2 Å². The predicted octanol–water partition coefficient (Wildman–Crippen LogP) is -1.84. The topological polar surface area (TPSA) is 164 Å². The zero-order valence-electron chi connectivity index (χ0n) is 13.6. The molecule has 0 radical (unpaired) electrons. The molecule has 0 aromatic carbocycles. The van der Waals surface area contributed by atoms with Gasteiger partial charge in [0, 0.05) is 20.5 Å². The maximum absolute atomic E-state index is 12.0. The Labute approximate surface area is 142 Å². The summed E-state index contributed by atoms with van der Waals surface area (Å²) < 4.78 is 22.7. The zero-order valence-corrected chi connectivity index (χ0v) is 14.5. The van der Waals surface area contributed by atoms with Gasteiger partial charge in [0.15, 0.2) is 5.82 Å². The van der Waals surface area contributed by atoms with Gasteiger partial charge in [-0.3, -0.25) is 9.09 Å². The summed E-state index contributed by atoms with van der Waals surface area (Å²) in [5.74, 6) is 0.571. The molecular weight excluding hydrogens is 357 g/mol. The van der Waals surface area contributed by atoms with Crippen molar-refractivity contribution in [2.45, 2.75) is 24.9 Å². The number of phosphoric acid groups is 1. The highest BCUT2D eigenvalue weighted by Gasteiger charge is 2.45. The molecule has 1 aromatic heterocycles. The molecule has 2 aliphatic rings. The Hall–Kier alpha value is -1.69. The molecule has 1 aromatic rings. The van der Waals surface area contributed by atoms with Gasteiger partial charge in [-0.1, -0.05) is 0 Å². The fourth-order valence-corrected chi connectivity index (χ4v) is 3.67. The summed E-state index contributed by atoms with van der Waals surface area (Å²) in [6.07, 6.45) is -2.50. The van der Waals surface area contributed by atoms with Crippen molar-refractivity contribution in [3.8, 4) is 0 Å². The maximum atomic E-state index is 12.0. The molecular formula is C12H20N5O7P. The molecule has 13 heteroatoms. The minimum absolute atomic E-state index is 0.0837. The lowest BCUT2D eigenvalue weighted by Crippen LogP contribution is -2.38. The van der Waals surface area contributed by atoms with E-state index >= 15 is 0 Å². The lowest BCUT2D eigenvalue weighted by atomic mass is 10.2. The van der Waals surface area contributed by atoms with Crippen molar-refractivity contribution in [1.82, 2.24) is 9.55 Å². The summed E-state index contributed by atoms with van der Waals surface area (Å²) in [4.78, 5) is 37.4. The molecule has 0 spiro atoms. The number of aliphatic hydroxyl groups is 1. The number of nitrogens with zero attached hydrogens (tertiary/aromatic N) is 4. The number of ether oxygens (including phenoxy) is 1. The second kappa shape index (κ2) is 6.24. The van der Waals surface area contributed by atoms with Crippen LogP contribution in [0.4, 0.5) is 17.3 Å². The van der Waals surface area contributed by atoms with Gasteiger partial charge >= 0.3 is 13.5 Å². The lowest BCUT2D eigenvalue weighted by molar-refractivity contribution is -0.0216. The average Bonchev–Trinajstić information content (AvgIpc) is 3.04. The number of anilines is 3. The van der Waals surface area contributed by atoms with E-state index in [0.717, 1.165) is 0 Å². The number of aromatic nitrogens is 2. The van der Waals surface area contributed by atoms with Crippen molar-refractivity contribution in [1.29, 1.82) is 0 Å². The number of rotatable bonds is 4. The highest BCUT2D eigenvalue weighted by molar-refractivity contribution is 7.46. The molecule has 3 rings (SSSR count). The Morgan fingerprint density at radius 1 is 1.44 bits per heavy atom. The van der Waals surface area contributed by atoms with Crippen LogP contribution < -0.4 is 21.2 Å². The Balaban J connectivity index is 1.90. The van der Waals surface area contributed by atoms with Crippen molar-refractivity contribution in [2.24, 2.45) is 7.05 Å². The highest BCUT2D eigenvalue weighted by atomic mass is 31.2. The van der Waals surface area contributed by atoms with Crippen molar-refractivity contribution < 1.29 is 28.7 Å². The monoisotopic (exact) mass is 377 g/mol. The van der Waals surface area contributed by atoms with Gasteiger partial charge in [0.25, 0.3) is 0 Å². The first-order valence-corrected chi connectivity index (χ1v) is 9.00. The molecule has 25 heavy (non-hydrogen) atoms. The van der Waals surface area contributed by atoms with Crippen LogP contribution in [0.25, 0.3) is 0 Å². The fraction of sp³-hybridized carbons (Fsp3) is 0.667. The molecule has 3 atom stereocenters. The Bertz CT molecular complexity index is 780. The molecule has 3 heterocycles. The summed E-state index contributed by atoms with van der Waals surface area (Å²) in [5, 5.41) is 9.39. The van der Waals surface area contributed by atoms with E-state index in [-0.39, 0.29) is 12.2 Å².